The van der Waals surface area contributed by atoms with Crippen LogP contribution in [-0.2, 0) is 9.53 Å². The zero-order valence-corrected chi connectivity index (χ0v) is 11.3. The number of nitrogens with one attached hydrogen (secondary N) is 1. The first-order chi connectivity index (χ1) is 8.40. The second-order valence-electron chi connectivity index (χ2n) is 4.82. The molecule has 0 aliphatic heterocycles. The van der Waals surface area contributed by atoms with Crippen LogP contribution in [0, 0.1) is 18.7 Å². The van der Waals surface area contributed by atoms with Crippen LogP contribution >= 0.6 is 0 Å². The van der Waals surface area contributed by atoms with Crippen molar-refractivity contribution in [2.24, 2.45) is 5.92 Å². The van der Waals surface area contributed by atoms with E-state index in [1.54, 1.807) is 13.0 Å². The molecule has 0 aromatic heterocycles. The first-order valence-corrected chi connectivity index (χ1v) is 6.08. The fourth-order valence-electron chi connectivity index (χ4n) is 1.38. The zero-order valence-electron chi connectivity index (χ0n) is 11.3. The van der Waals surface area contributed by atoms with E-state index in [1.807, 2.05) is 20.8 Å². The van der Waals surface area contributed by atoms with Crippen LogP contribution < -0.4 is 5.32 Å². The number of benzene rings is 1. The topological polar surface area (TPSA) is 38.3 Å². The number of halogens is 1. The number of hydrogen-bond donors (Lipinski definition) is 1. The van der Waals surface area contributed by atoms with E-state index in [9.17, 15) is 9.18 Å². The van der Waals surface area contributed by atoms with E-state index in [4.69, 9.17) is 4.74 Å². The Morgan fingerprint density at radius 2 is 2.06 bits per heavy atom. The van der Waals surface area contributed by atoms with Gasteiger partial charge in [0.2, 0.25) is 0 Å². The number of ether oxygens (including phenoxy) is 1. The molecule has 0 aliphatic rings. The van der Waals surface area contributed by atoms with Gasteiger partial charge in [-0.25, -0.2) is 4.39 Å². The molecule has 0 heterocycles. The zero-order chi connectivity index (χ0) is 13.7. The van der Waals surface area contributed by atoms with E-state index >= 15 is 0 Å². The number of hydrogen-bond acceptors (Lipinski definition) is 2. The first kappa shape index (κ1) is 14.6. The van der Waals surface area contributed by atoms with Gasteiger partial charge >= 0.3 is 0 Å². The Hall–Kier alpha value is -1.42. The third-order valence-electron chi connectivity index (χ3n) is 2.51. The van der Waals surface area contributed by atoms with Crippen molar-refractivity contribution in [1.29, 1.82) is 0 Å². The summed E-state index contributed by atoms with van der Waals surface area (Å²) in [4.78, 5) is 11.8. The van der Waals surface area contributed by atoms with Crippen LogP contribution in [-0.4, -0.2) is 18.6 Å². The average molecular weight is 253 g/mol. The van der Waals surface area contributed by atoms with Crippen LogP contribution in [0.5, 0.6) is 0 Å². The highest BCUT2D eigenvalue weighted by Crippen LogP contribution is 2.16. The van der Waals surface area contributed by atoms with E-state index in [1.165, 1.54) is 12.1 Å². The second kappa shape index (κ2) is 6.50. The van der Waals surface area contributed by atoms with E-state index in [2.05, 4.69) is 5.32 Å². The molecule has 0 fully saturated rings. The second-order valence-corrected chi connectivity index (χ2v) is 4.82. The van der Waals surface area contributed by atoms with Gasteiger partial charge in [-0.3, -0.25) is 4.79 Å². The lowest BCUT2D eigenvalue weighted by Crippen LogP contribution is -2.29. The molecule has 0 bridgehead atoms. The number of carbonyl (C=O) groups excluding carboxylic acids is 1. The van der Waals surface area contributed by atoms with Crippen LogP contribution in [0.3, 0.4) is 0 Å². The van der Waals surface area contributed by atoms with E-state index in [0.29, 0.717) is 18.2 Å². The summed E-state index contributed by atoms with van der Waals surface area (Å²) < 4.78 is 18.5. The highest BCUT2D eigenvalue weighted by atomic mass is 19.1. The molecule has 3 nitrogen and oxygen atoms in total. The third-order valence-corrected chi connectivity index (χ3v) is 2.51. The smallest absolute Gasteiger partial charge is 0.253 e. The number of rotatable bonds is 5. The van der Waals surface area contributed by atoms with Gasteiger partial charge in [0.25, 0.3) is 5.91 Å². The lowest BCUT2D eigenvalue weighted by atomic mass is 10.2. The van der Waals surface area contributed by atoms with Crippen molar-refractivity contribution < 1.29 is 13.9 Å². The average Bonchev–Trinajstić information content (AvgIpc) is 2.30. The molecule has 1 unspecified atom stereocenters. The molecular weight excluding hydrogens is 233 g/mol. The standard InChI is InChI=1S/C14H20FNO2/c1-9(2)8-18-11(4)14(17)16-13-7-12(15)6-5-10(13)3/h5-7,9,11H,8H2,1-4H3,(H,16,17). The molecule has 4 heteroatoms. The van der Waals surface area contributed by atoms with E-state index in [-0.39, 0.29) is 11.7 Å². The molecule has 1 amide bonds. The molecule has 0 spiro atoms. The van der Waals surface area contributed by atoms with Crippen LogP contribution in [0.4, 0.5) is 10.1 Å². The lowest BCUT2D eigenvalue weighted by Gasteiger charge is -2.15. The number of anilines is 1. The van der Waals surface area contributed by atoms with Crippen molar-refractivity contribution in [3.63, 3.8) is 0 Å². The largest absolute Gasteiger partial charge is 0.368 e. The van der Waals surface area contributed by atoms with Gasteiger partial charge in [-0.2, -0.15) is 0 Å². The molecule has 0 saturated carbocycles. The van der Waals surface area contributed by atoms with Crippen molar-refractivity contribution in [1.82, 2.24) is 0 Å². The molecule has 1 aromatic carbocycles. The van der Waals surface area contributed by atoms with Gasteiger partial charge < -0.3 is 10.1 Å². The van der Waals surface area contributed by atoms with Crippen LogP contribution in [0.1, 0.15) is 26.3 Å². The van der Waals surface area contributed by atoms with Crippen molar-refractivity contribution in [2.45, 2.75) is 33.8 Å². The Balaban J connectivity index is 2.61. The maximum Gasteiger partial charge on any atom is 0.253 e. The number of amides is 1. The fourth-order valence-corrected chi connectivity index (χ4v) is 1.38. The monoisotopic (exact) mass is 253 g/mol. The summed E-state index contributed by atoms with van der Waals surface area (Å²) in [5, 5.41) is 2.67. The Kier molecular flexibility index (Phi) is 5.28. The van der Waals surface area contributed by atoms with Crippen LogP contribution in [0.2, 0.25) is 0 Å². The fraction of sp³-hybridized carbons (Fsp3) is 0.500. The SMILES string of the molecule is Cc1ccc(F)cc1NC(=O)C(C)OCC(C)C. The lowest BCUT2D eigenvalue weighted by molar-refractivity contribution is -0.126. The molecule has 1 N–H and O–H groups in total. The van der Waals surface area contributed by atoms with Gasteiger partial charge in [-0.05, 0) is 37.5 Å². The van der Waals surface area contributed by atoms with Gasteiger partial charge in [0.1, 0.15) is 11.9 Å². The summed E-state index contributed by atoms with van der Waals surface area (Å²) >= 11 is 0. The molecule has 1 atom stereocenters. The molecule has 100 valence electrons. The van der Waals surface area contributed by atoms with Gasteiger partial charge in [0.15, 0.2) is 0 Å². The van der Waals surface area contributed by atoms with Crippen molar-refractivity contribution >= 4 is 11.6 Å². The molecule has 0 saturated heterocycles. The predicted octanol–water partition coefficient (Wildman–Crippen LogP) is 3.13. The summed E-state index contributed by atoms with van der Waals surface area (Å²) in [7, 11) is 0. The number of carbonyl (C=O) groups is 1. The van der Waals surface area contributed by atoms with E-state index < -0.39 is 6.10 Å². The molecule has 0 aliphatic carbocycles. The van der Waals surface area contributed by atoms with Crippen LogP contribution in [0.15, 0.2) is 18.2 Å². The minimum atomic E-state index is -0.546. The summed E-state index contributed by atoms with van der Waals surface area (Å²) in [6.45, 7) is 8.06. The Bertz CT molecular complexity index is 418. The van der Waals surface area contributed by atoms with Gasteiger partial charge in [-0.15, -0.1) is 0 Å². The molecular formula is C14H20FNO2. The summed E-state index contributed by atoms with van der Waals surface area (Å²) in [6, 6.07) is 4.30. The Labute approximate surface area is 107 Å². The molecule has 1 aromatic rings. The summed E-state index contributed by atoms with van der Waals surface area (Å²) in [5.41, 5.74) is 1.31. The summed E-state index contributed by atoms with van der Waals surface area (Å²) in [5.74, 6) is -0.257. The minimum absolute atomic E-state index is 0.260. The molecule has 1 rings (SSSR count). The highest BCUT2D eigenvalue weighted by Gasteiger charge is 2.15. The van der Waals surface area contributed by atoms with Crippen LogP contribution in [0.25, 0.3) is 0 Å². The maximum absolute atomic E-state index is 13.1. The van der Waals surface area contributed by atoms with Crippen molar-refractivity contribution in [2.75, 3.05) is 11.9 Å². The predicted molar refractivity (Wildman–Crippen MR) is 70.0 cm³/mol. The maximum atomic E-state index is 13.1. The van der Waals surface area contributed by atoms with Crippen molar-refractivity contribution in [3.05, 3.63) is 29.6 Å². The van der Waals surface area contributed by atoms with Gasteiger partial charge in [0.05, 0.1) is 0 Å². The van der Waals surface area contributed by atoms with Gasteiger partial charge in [-0.1, -0.05) is 19.9 Å². The highest BCUT2D eigenvalue weighted by molar-refractivity contribution is 5.94. The Morgan fingerprint density at radius 3 is 2.67 bits per heavy atom. The minimum Gasteiger partial charge on any atom is -0.368 e. The number of aryl methyl sites for hydroxylation is 1. The first-order valence-electron chi connectivity index (χ1n) is 6.08. The quantitative estimate of drug-likeness (QED) is 0.875. The molecule has 18 heavy (non-hydrogen) atoms. The van der Waals surface area contributed by atoms with Gasteiger partial charge in [0, 0.05) is 12.3 Å². The van der Waals surface area contributed by atoms with Crippen molar-refractivity contribution in [3.8, 4) is 0 Å². The molecule has 0 radical (unpaired) electrons. The van der Waals surface area contributed by atoms with E-state index in [0.717, 1.165) is 5.56 Å². The normalized spacial score (nSPS) is 12.6. The third kappa shape index (κ3) is 4.45. The summed E-state index contributed by atoms with van der Waals surface area (Å²) in [6.07, 6.45) is -0.546. The Morgan fingerprint density at radius 1 is 1.39 bits per heavy atom.